The molecule has 4 heterocycles. The number of fused-ring (bicyclic) bond motifs is 1. The summed E-state index contributed by atoms with van der Waals surface area (Å²) in [5.41, 5.74) is 2.10. The maximum Gasteiger partial charge on any atom is 0.222 e. The smallest absolute Gasteiger partial charge is 0.222 e. The number of nitrogens with one attached hydrogen (secondary N) is 1. The largest absolute Gasteiger partial charge is 0.378 e. The van der Waals surface area contributed by atoms with Crippen LogP contribution in [0.25, 0.3) is 16.7 Å². The molecule has 1 aliphatic heterocycles. The van der Waals surface area contributed by atoms with Gasteiger partial charge in [0.15, 0.2) is 5.82 Å². The van der Waals surface area contributed by atoms with E-state index in [2.05, 4.69) is 24.1 Å². The molecular weight excluding hydrogens is 382 g/mol. The molecule has 158 valence electrons. The first-order valence-corrected chi connectivity index (χ1v) is 10.2. The Morgan fingerprint density at radius 1 is 1.43 bits per heavy atom. The number of carbonyl (C=O) groups is 1. The maximum absolute atomic E-state index is 11.5. The van der Waals surface area contributed by atoms with Crippen LogP contribution >= 0.6 is 0 Å². The van der Waals surface area contributed by atoms with Gasteiger partial charge >= 0.3 is 0 Å². The van der Waals surface area contributed by atoms with Crippen molar-refractivity contribution in [3.63, 3.8) is 0 Å². The minimum absolute atomic E-state index is 0.168. The third kappa shape index (κ3) is 3.57. The zero-order valence-electron chi connectivity index (χ0n) is 17.8. The van der Waals surface area contributed by atoms with Crippen LogP contribution in [0.15, 0.2) is 30.5 Å². The molecule has 0 saturated carbocycles. The first-order valence-electron chi connectivity index (χ1n) is 10.2. The summed E-state index contributed by atoms with van der Waals surface area (Å²) in [6.07, 6.45) is 3.49. The lowest BCUT2D eigenvalue weighted by Crippen LogP contribution is -2.30. The summed E-state index contributed by atoms with van der Waals surface area (Å²) in [5.74, 6) is 1.27. The number of aromatic nitrogens is 4. The zero-order valence-corrected chi connectivity index (χ0v) is 17.8. The highest BCUT2D eigenvalue weighted by Gasteiger charge is 2.38. The number of pyridine rings is 2. The molecule has 8 heteroatoms. The quantitative estimate of drug-likeness (QED) is 0.669. The SMILES string of the molecule is CCC(C)c1nn(-c2cccc(C3(OC)CCOC3)n2)c2cc(NC(C)=O)ncc12. The molecule has 2 unspecified atom stereocenters. The number of methoxy groups -OCH3 is 1. The molecule has 8 nitrogen and oxygen atoms in total. The van der Waals surface area contributed by atoms with Gasteiger partial charge in [-0.25, -0.2) is 14.6 Å². The number of amides is 1. The van der Waals surface area contributed by atoms with Gasteiger partial charge in [0, 0.05) is 50.6 Å². The molecule has 2 atom stereocenters. The van der Waals surface area contributed by atoms with Crippen molar-refractivity contribution < 1.29 is 14.3 Å². The van der Waals surface area contributed by atoms with Crippen LogP contribution in [-0.2, 0) is 19.9 Å². The monoisotopic (exact) mass is 409 g/mol. The molecule has 1 aliphatic rings. The van der Waals surface area contributed by atoms with Gasteiger partial charge in [0.2, 0.25) is 5.91 Å². The highest BCUT2D eigenvalue weighted by molar-refractivity contribution is 5.91. The Labute approximate surface area is 175 Å². The fraction of sp³-hybridized carbons (Fsp3) is 0.455. The Balaban J connectivity index is 1.87. The van der Waals surface area contributed by atoms with Gasteiger partial charge in [-0.05, 0) is 18.6 Å². The molecule has 30 heavy (non-hydrogen) atoms. The molecule has 1 N–H and O–H groups in total. The molecule has 1 amide bonds. The minimum Gasteiger partial charge on any atom is -0.378 e. The second-order valence-electron chi connectivity index (χ2n) is 7.76. The second kappa shape index (κ2) is 8.12. The zero-order chi connectivity index (χ0) is 21.3. The third-order valence-electron chi connectivity index (χ3n) is 5.77. The van der Waals surface area contributed by atoms with E-state index in [1.807, 2.05) is 28.9 Å². The normalized spacial score (nSPS) is 19.9. The van der Waals surface area contributed by atoms with E-state index in [0.717, 1.165) is 35.1 Å². The minimum atomic E-state index is -0.540. The molecule has 3 aromatic heterocycles. The van der Waals surface area contributed by atoms with Crippen molar-refractivity contribution in [3.8, 4) is 5.82 Å². The van der Waals surface area contributed by atoms with Gasteiger partial charge in [-0.2, -0.15) is 5.10 Å². The van der Waals surface area contributed by atoms with E-state index in [9.17, 15) is 4.79 Å². The lowest BCUT2D eigenvalue weighted by Gasteiger charge is -2.25. The Morgan fingerprint density at radius 2 is 2.27 bits per heavy atom. The van der Waals surface area contributed by atoms with Gasteiger partial charge < -0.3 is 14.8 Å². The molecule has 0 bridgehead atoms. The van der Waals surface area contributed by atoms with E-state index in [-0.39, 0.29) is 11.8 Å². The molecule has 0 aliphatic carbocycles. The van der Waals surface area contributed by atoms with Gasteiger partial charge in [0.1, 0.15) is 11.4 Å². The van der Waals surface area contributed by atoms with Crippen molar-refractivity contribution in [2.24, 2.45) is 0 Å². The van der Waals surface area contributed by atoms with Crippen LogP contribution in [0.1, 0.15) is 50.9 Å². The van der Waals surface area contributed by atoms with E-state index < -0.39 is 5.60 Å². The molecule has 3 aromatic rings. The van der Waals surface area contributed by atoms with Gasteiger partial charge in [0.05, 0.1) is 23.5 Å². The summed E-state index contributed by atoms with van der Waals surface area (Å²) in [7, 11) is 1.69. The number of hydrogen-bond donors (Lipinski definition) is 1. The fourth-order valence-corrected chi connectivity index (χ4v) is 3.82. The van der Waals surface area contributed by atoms with Crippen LogP contribution < -0.4 is 5.32 Å². The standard InChI is InChI=1S/C22H27N5O3/c1-5-14(2)21-16-12-23-19(24-15(3)28)11-17(16)27(26-21)20-8-6-7-18(25-20)22(29-4)9-10-30-13-22/h6-8,11-12,14H,5,9-10,13H2,1-4H3,(H,23,24,28). The van der Waals surface area contributed by atoms with E-state index in [4.69, 9.17) is 19.6 Å². The van der Waals surface area contributed by atoms with Crippen molar-refractivity contribution in [1.82, 2.24) is 19.7 Å². The topological polar surface area (TPSA) is 91.2 Å². The highest BCUT2D eigenvalue weighted by atomic mass is 16.5. The van der Waals surface area contributed by atoms with Crippen LogP contribution in [0.4, 0.5) is 5.82 Å². The van der Waals surface area contributed by atoms with Gasteiger partial charge in [-0.3, -0.25) is 4.79 Å². The maximum atomic E-state index is 11.5. The molecule has 0 aromatic carbocycles. The molecule has 1 saturated heterocycles. The van der Waals surface area contributed by atoms with E-state index >= 15 is 0 Å². The van der Waals surface area contributed by atoms with Crippen molar-refractivity contribution >= 4 is 22.6 Å². The Kier molecular flexibility index (Phi) is 5.53. The van der Waals surface area contributed by atoms with Crippen molar-refractivity contribution in [3.05, 3.63) is 41.9 Å². The van der Waals surface area contributed by atoms with E-state index in [0.29, 0.717) is 24.8 Å². The number of nitrogens with zero attached hydrogens (tertiary/aromatic N) is 4. The summed E-state index contributed by atoms with van der Waals surface area (Å²) in [4.78, 5) is 20.8. The lowest BCUT2D eigenvalue weighted by molar-refractivity contribution is -0.114. The Bertz CT molecular complexity index is 1070. The first kappa shape index (κ1) is 20.4. The average Bonchev–Trinajstić information content (AvgIpc) is 3.38. The molecule has 4 rings (SSSR count). The molecule has 0 radical (unpaired) electrons. The van der Waals surface area contributed by atoms with Crippen LogP contribution in [-0.4, -0.2) is 46.0 Å². The van der Waals surface area contributed by atoms with E-state index in [1.54, 1.807) is 13.3 Å². The predicted molar refractivity (Wildman–Crippen MR) is 114 cm³/mol. The van der Waals surface area contributed by atoms with Gasteiger partial charge in [-0.15, -0.1) is 0 Å². The predicted octanol–water partition coefficient (Wildman–Crippen LogP) is 3.55. The molecular formula is C22H27N5O3. The summed E-state index contributed by atoms with van der Waals surface area (Å²) < 4.78 is 13.2. The highest BCUT2D eigenvalue weighted by Crippen LogP contribution is 2.34. The summed E-state index contributed by atoms with van der Waals surface area (Å²) in [6.45, 7) is 6.87. The summed E-state index contributed by atoms with van der Waals surface area (Å²) >= 11 is 0. The van der Waals surface area contributed by atoms with E-state index in [1.165, 1.54) is 6.92 Å². The number of ether oxygens (including phenoxy) is 2. The van der Waals surface area contributed by atoms with Crippen LogP contribution in [0.3, 0.4) is 0 Å². The van der Waals surface area contributed by atoms with Crippen molar-refractivity contribution in [1.29, 1.82) is 0 Å². The summed E-state index contributed by atoms with van der Waals surface area (Å²) in [6, 6.07) is 7.69. The third-order valence-corrected chi connectivity index (χ3v) is 5.77. The average molecular weight is 409 g/mol. The fourth-order valence-electron chi connectivity index (χ4n) is 3.82. The number of hydrogen-bond acceptors (Lipinski definition) is 6. The Morgan fingerprint density at radius 3 is 2.93 bits per heavy atom. The van der Waals surface area contributed by atoms with Gasteiger partial charge in [-0.1, -0.05) is 19.9 Å². The molecule has 1 fully saturated rings. The number of carbonyl (C=O) groups excluding carboxylic acids is 1. The van der Waals surface area contributed by atoms with Crippen molar-refractivity contribution in [2.45, 2.75) is 45.1 Å². The Hall–Kier alpha value is -2.84. The first-order chi connectivity index (χ1) is 14.5. The molecule has 0 spiro atoms. The lowest BCUT2D eigenvalue weighted by atomic mass is 9.98. The summed E-state index contributed by atoms with van der Waals surface area (Å²) in [5, 5.41) is 8.60. The van der Waals surface area contributed by atoms with Crippen molar-refractivity contribution in [2.75, 3.05) is 25.6 Å². The van der Waals surface area contributed by atoms with Crippen LogP contribution in [0, 0.1) is 0 Å². The number of anilines is 1. The van der Waals surface area contributed by atoms with Crippen LogP contribution in [0.2, 0.25) is 0 Å². The van der Waals surface area contributed by atoms with Crippen LogP contribution in [0.5, 0.6) is 0 Å². The number of rotatable bonds is 6. The van der Waals surface area contributed by atoms with Gasteiger partial charge in [0.25, 0.3) is 0 Å². The second-order valence-corrected chi connectivity index (χ2v) is 7.76.